The van der Waals surface area contributed by atoms with Gasteiger partial charge in [0, 0.05) is 11.6 Å². The molecule has 92 valence electrons. The van der Waals surface area contributed by atoms with E-state index >= 15 is 0 Å². The molecule has 0 N–H and O–H groups in total. The lowest BCUT2D eigenvalue weighted by molar-refractivity contribution is 0.0829. The van der Waals surface area contributed by atoms with Crippen LogP contribution < -0.4 is 0 Å². The molecule has 2 unspecified atom stereocenters. The Morgan fingerprint density at radius 1 is 1.41 bits per heavy atom. The molecule has 1 aromatic carbocycles. The minimum absolute atomic E-state index is 0.0822. The normalized spacial score (nSPS) is 22.6. The van der Waals surface area contributed by atoms with Gasteiger partial charge in [0.25, 0.3) is 0 Å². The number of likely N-dealkylation sites (tertiary alicyclic amines) is 1. The van der Waals surface area contributed by atoms with Gasteiger partial charge in [0.15, 0.2) is 5.78 Å². The molecule has 0 amide bonds. The maximum atomic E-state index is 12.8. The van der Waals surface area contributed by atoms with E-state index in [1.807, 2.05) is 6.92 Å². The highest BCUT2D eigenvalue weighted by molar-refractivity contribution is 5.99. The first-order valence-electron chi connectivity index (χ1n) is 6.15. The van der Waals surface area contributed by atoms with Gasteiger partial charge >= 0.3 is 0 Å². The Morgan fingerprint density at radius 3 is 2.59 bits per heavy atom. The van der Waals surface area contributed by atoms with E-state index in [1.54, 1.807) is 12.1 Å². The average Bonchev–Trinajstić information content (AvgIpc) is 2.74. The molecular weight excluding hydrogens is 217 g/mol. The lowest BCUT2D eigenvalue weighted by Crippen LogP contribution is -2.40. The molecule has 1 aromatic rings. The summed E-state index contributed by atoms with van der Waals surface area (Å²) in [5.41, 5.74) is 0.595. The quantitative estimate of drug-likeness (QED) is 0.751. The fourth-order valence-corrected chi connectivity index (χ4v) is 2.54. The fraction of sp³-hybridized carbons (Fsp3) is 0.500. The van der Waals surface area contributed by atoms with Gasteiger partial charge in [-0.1, -0.05) is 0 Å². The Bertz CT molecular complexity index is 401. The Morgan fingerprint density at radius 2 is 2.06 bits per heavy atom. The summed E-state index contributed by atoms with van der Waals surface area (Å²) >= 11 is 0. The van der Waals surface area contributed by atoms with E-state index in [2.05, 4.69) is 11.8 Å². The predicted molar refractivity (Wildman–Crippen MR) is 65.6 cm³/mol. The Balaban J connectivity index is 2.11. The minimum Gasteiger partial charge on any atom is -0.292 e. The zero-order valence-corrected chi connectivity index (χ0v) is 10.3. The molecule has 0 radical (unpaired) electrons. The summed E-state index contributed by atoms with van der Waals surface area (Å²) in [4.78, 5) is 14.5. The highest BCUT2D eigenvalue weighted by Crippen LogP contribution is 2.21. The van der Waals surface area contributed by atoms with Crippen LogP contribution in [-0.2, 0) is 0 Å². The molecule has 0 aliphatic carbocycles. The van der Waals surface area contributed by atoms with Gasteiger partial charge in [0.05, 0.1) is 6.04 Å². The molecule has 2 nitrogen and oxygen atoms in total. The Kier molecular flexibility index (Phi) is 3.57. The summed E-state index contributed by atoms with van der Waals surface area (Å²) in [6, 6.07) is 6.16. The van der Waals surface area contributed by atoms with E-state index in [1.165, 1.54) is 12.1 Å². The van der Waals surface area contributed by atoms with E-state index in [0.717, 1.165) is 19.4 Å². The van der Waals surface area contributed by atoms with Gasteiger partial charge in [0.2, 0.25) is 0 Å². The van der Waals surface area contributed by atoms with Crippen LogP contribution in [0.25, 0.3) is 0 Å². The second kappa shape index (κ2) is 4.96. The van der Waals surface area contributed by atoms with Crippen LogP contribution in [0.5, 0.6) is 0 Å². The third kappa shape index (κ3) is 2.55. The third-order valence-electron chi connectivity index (χ3n) is 3.61. The van der Waals surface area contributed by atoms with Gasteiger partial charge in [-0.3, -0.25) is 9.69 Å². The Hall–Kier alpha value is -1.22. The van der Waals surface area contributed by atoms with E-state index in [4.69, 9.17) is 0 Å². The maximum absolute atomic E-state index is 12.8. The molecule has 0 saturated carbocycles. The molecule has 2 rings (SSSR count). The summed E-state index contributed by atoms with van der Waals surface area (Å²) < 4.78 is 12.8. The number of carbonyl (C=O) groups is 1. The van der Waals surface area contributed by atoms with Crippen molar-refractivity contribution < 1.29 is 9.18 Å². The van der Waals surface area contributed by atoms with Crippen LogP contribution in [-0.4, -0.2) is 29.3 Å². The van der Waals surface area contributed by atoms with Gasteiger partial charge < -0.3 is 0 Å². The van der Waals surface area contributed by atoms with Crippen molar-refractivity contribution in [2.45, 2.75) is 38.8 Å². The molecule has 0 spiro atoms. The number of ketones is 1. The van der Waals surface area contributed by atoms with Crippen LogP contribution in [0.15, 0.2) is 24.3 Å². The van der Waals surface area contributed by atoms with Crippen LogP contribution in [0, 0.1) is 5.82 Å². The van der Waals surface area contributed by atoms with Crippen LogP contribution in [0.3, 0.4) is 0 Å². The number of nitrogens with zero attached hydrogens (tertiary/aromatic N) is 1. The van der Waals surface area contributed by atoms with Gasteiger partial charge in [-0.05, 0) is 57.5 Å². The summed E-state index contributed by atoms with van der Waals surface area (Å²) in [6.07, 6.45) is 2.31. The van der Waals surface area contributed by atoms with E-state index in [9.17, 15) is 9.18 Å². The topological polar surface area (TPSA) is 20.3 Å². The smallest absolute Gasteiger partial charge is 0.179 e. The standard InChI is InChI=1S/C14H18FNO/c1-10-4-3-9-16(10)11(2)14(17)12-5-7-13(15)8-6-12/h5-8,10-11H,3-4,9H2,1-2H3. The lowest BCUT2D eigenvalue weighted by Gasteiger charge is -2.27. The number of Topliss-reactive ketones (excluding diaryl/α,β-unsaturated/α-hetero) is 1. The highest BCUT2D eigenvalue weighted by atomic mass is 19.1. The second-order valence-corrected chi connectivity index (χ2v) is 4.78. The van der Waals surface area contributed by atoms with Gasteiger partial charge in [-0.2, -0.15) is 0 Å². The van der Waals surface area contributed by atoms with Crippen molar-refractivity contribution in [3.05, 3.63) is 35.6 Å². The summed E-state index contributed by atoms with van der Waals surface area (Å²) in [5, 5.41) is 0. The zero-order valence-electron chi connectivity index (χ0n) is 10.3. The number of hydrogen-bond acceptors (Lipinski definition) is 2. The molecule has 2 atom stereocenters. The van der Waals surface area contributed by atoms with Crippen LogP contribution in [0.1, 0.15) is 37.0 Å². The van der Waals surface area contributed by atoms with E-state index < -0.39 is 0 Å². The van der Waals surface area contributed by atoms with Gasteiger partial charge in [-0.15, -0.1) is 0 Å². The summed E-state index contributed by atoms with van der Waals surface area (Å²) in [6.45, 7) is 5.07. The zero-order chi connectivity index (χ0) is 12.4. The number of halogens is 1. The first kappa shape index (κ1) is 12.2. The van der Waals surface area contributed by atoms with E-state index in [-0.39, 0.29) is 17.6 Å². The molecule has 1 saturated heterocycles. The van der Waals surface area contributed by atoms with Gasteiger partial charge in [-0.25, -0.2) is 4.39 Å². The second-order valence-electron chi connectivity index (χ2n) is 4.78. The predicted octanol–water partition coefficient (Wildman–Crippen LogP) is 2.88. The molecule has 1 aliphatic heterocycles. The largest absolute Gasteiger partial charge is 0.292 e. The highest BCUT2D eigenvalue weighted by Gasteiger charge is 2.29. The van der Waals surface area contributed by atoms with Crippen LogP contribution in [0.2, 0.25) is 0 Å². The van der Waals surface area contributed by atoms with Crippen molar-refractivity contribution >= 4 is 5.78 Å². The van der Waals surface area contributed by atoms with E-state index in [0.29, 0.717) is 11.6 Å². The molecule has 1 aliphatic rings. The van der Waals surface area contributed by atoms with Crippen molar-refractivity contribution in [2.24, 2.45) is 0 Å². The maximum Gasteiger partial charge on any atom is 0.179 e. The first-order chi connectivity index (χ1) is 8.09. The van der Waals surface area contributed by atoms with Crippen molar-refractivity contribution in [1.29, 1.82) is 0 Å². The average molecular weight is 235 g/mol. The van der Waals surface area contributed by atoms with Crippen LogP contribution in [0.4, 0.5) is 4.39 Å². The third-order valence-corrected chi connectivity index (χ3v) is 3.61. The van der Waals surface area contributed by atoms with Crippen LogP contribution >= 0.6 is 0 Å². The molecule has 1 fully saturated rings. The van der Waals surface area contributed by atoms with Crippen molar-refractivity contribution in [3.8, 4) is 0 Å². The molecular formula is C14H18FNO. The molecule has 17 heavy (non-hydrogen) atoms. The minimum atomic E-state index is -0.302. The number of hydrogen-bond donors (Lipinski definition) is 0. The van der Waals surface area contributed by atoms with Gasteiger partial charge in [0.1, 0.15) is 5.82 Å². The molecule has 1 heterocycles. The Labute approximate surface area is 101 Å². The summed E-state index contributed by atoms with van der Waals surface area (Å²) in [5.74, 6) is -0.220. The first-order valence-corrected chi connectivity index (χ1v) is 6.15. The number of benzene rings is 1. The van der Waals surface area contributed by atoms with Crippen molar-refractivity contribution in [1.82, 2.24) is 4.90 Å². The van der Waals surface area contributed by atoms with Crippen molar-refractivity contribution in [2.75, 3.05) is 6.54 Å². The number of rotatable bonds is 3. The SMILES string of the molecule is CC1CCCN1C(C)C(=O)c1ccc(F)cc1. The lowest BCUT2D eigenvalue weighted by atomic mass is 10.0. The molecule has 0 bridgehead atoms. The monoisotopic (exact) mass is 235 g/mol. The number of carbonyl (C=O) groups excluding carboxylic acids is 1. The summed E-state index contributed by atoms with van der Waals surface area (Å²) in [7, 11) is 0. The van der Waals surface area contributed by atoms with Crippen molar-refractivity contribution in [3.63, 3.8) is 0 Å². The molecule has 0 aromatic heterocycles. The molecule has 3 heteroatoms. The fourth-order valence-electron chi connectivity index (χ4n) is 2.54.